The average Bonchev–Trinajstić information content (AvgIpc) is 1.83. The number of halogens is 1. The Morgan fingerprint density at radius 3 is 2.22 bits per heavy atom. The zero-order chi connectivity index (χ0) is 6.41. The fourth-order valence-corrected chi connectivity index (χ4v) is 0.953. The molecule has 1 unspecified atom stereocenters. The topological polar surface area (TPSA) is 0 Å². The van der Waals surface area contributed by atoms with Gasteiger partial charge in [-0.05, 0) is 12.8 Å². The fourth-order valence-electron chi connectivity index (χ4n) is 0.630. The Morgan fingerprint density at radius 1 is 1.33 bits per heavy atom. The van der Waals surface area contributed by atoms with E-state index in [2.05, 4.69) is 29.8 Å². The van der Waals surface area contributed by atoms with Gasteiger partial charge in [-0.3, -0.25) is 0 Å². The van der Waals surface area contributed by atoms with Crippen molar-refractivity contribution in [1.29, 1.82) is 0 Å². The van der Waals surface area contributed by atoms with Gasteiger partial charge in [0.15, 0.2) is 0 Å². The SMILES string of the molecule is CCCCC(Br)CC.[Zn]. The van der Waals surface area contributed by atoms with E-state index in [4.69, 9.17) is 0 Å². The molecule has 0 bridgehead atoms. The number of unbranched alkanes of at least 4 members (excludes halogenated alkanes) is 1. The van der Waals surface area contributed by atoms with Crippen LogP contribution in [0.1, 0.15) is 39.5 Å². The van der Waals surface area contributed by atoms with E-state index in [9.17, 15) is 0 Å². The van der Waals surface area contributed by atoms with E-state index in [0.717, 1.165) is 4.83 Å². The van der Waals surface area contributed by atoms with Gasteiger partial charge in [0.25, 0.3) is 0 Å². The quantitative estimate of drug-likeness (QED) is 0.525. The van der Waals surface area contributed by atoms with Crippen LogP contribution in [0.5, 0.6) is 0 Å². The van der Waals surface area contributed by atoms with Crippen LogP contribution in [0.2, 0.25) is 0 Å². The maximum Gasteiger partial charge on any atom is 0.0143 e. The molecular weight excluding hydrogens is 229 g/mol. The first kappa shape index (κ1) is 12.8. The summed E-state index contributed by atoms with van der Waals surface area (Å²) < 4.78 is 0. The van der Waals surface area contributed by atoms with Gasteiger partial charge in [-0.2, -0.15) is 0 Å². The first-order chi connectivity index (χ1) is 3.81. The van der Waals surface area contributed by atoms with E-state index >= 15 is 0 Å². The van der Waals surface area contributed by atoms with Crippen LogP contribution >= 0.6 is 15.9 Å². The van der Waals surface area contributed by atoms with Crippen molar-refractivity contribution in [1.82, 2.24) is 0 Å². The van der Waals surface area contributed by atoms with Crippen LogP contribution in [-0.2, 0) is 19.5 Å². The molecule has 0 nitrogen and oxygen atoms in total. The molecule has 2 heteroatoms. The maximum absolute atomic E-state index is 3.58. The van der Waals surface area contributed by atoms with Crippen molar-refractivity contribution in [2.45, 2.75) is 44.4 Å². The number of alkyl halides is 1. The summed E-state index contributed by atoms with van der Waals surface area (Å²) >= 11 is 3.58. The molecule has 0 aromatic heterocycles. The minimum atomic E-state index is 0. The first-order valence-electron chi connectivity index (χ1n) is 3.45. The largest absolute Gasteiger partial charge is 0.0891 e. The molecular formula is C7H15BrZn. The van der Waals surface area contributed by atoms with Crippen molar-refractivity contribution in [3.05, 3.63) is 0 Å². The predicted octanol–water partition coefficient (Wildman–Crippen LogP) is 3.35. The smallest absolute Gasteiger partial charge is 0.0143 e. The van der Waals surface area contributed by atoms with E-state index in [-0.39, 0.29) is 19.5 Å². The van der Waals surface area contributed by atoms with Crippen molar-refractivity contribution < 1.29 is 19.5 Å². The molecule has 0 aliphatic rings. The van der Waals surface area contributed by atoms with E-state index in [1.54, 1.807) is 0 Å². The molecule has 0 N–H and O–H groups in total. The van der Waals surface area contributed by atoms with Gasteiger partial charge >= 0.3 is 0 Å². The molecule has 0 rings (SSSR count). The second-order valence-corrected chi connectivity index (χ2v) is 3.44. The molecule has 0 aliphatic heterocycles. The summed E-state index contributed by atoms with van der Waals surface area (Å²) in [4.78, 5) is 0.766. The van der Waals surface area contributed by atoms with Gasteiger partial charge in [0.2, 0.25) is 0 Å². The molecule has 0 amide bonds. The van der Waals surface area contributed by atoms with Crippen LogP contribution in [0.4, 0.5) is 0 Å². The summed E-state index contributed by atoms with van der Waals surface area (Å²) in [6, 6.07) is 0. The summed E-state index contributed by atoms with van der Waals surface area (Å²) in [5.41, 5.74) is 0. The molecule has 0 saturated carbocycles. The Kier molecular flexibility index (Phi) is 12.9. The molecule has 1 atom stereocenters. The van der Waals surface area contributed by atoms with Gasteiger partial charge in [-0.1, -0.05) is 42.6 Å². The van der Waals surface area contributed by atoms with Crippen molar-refractivity contribution >= 4 is 15.9 Å². The fraction of sp³-hybridized carbons (Fsp3) is 1.00. The summed E-state index contributed by atoms with van der Waals surface area (Å²) in [5.74, 6) is 0. The van der Waals surface area contributed by atoms with E-state index in [1.807, 2.05) is 0 Å². The summed E-state index contributed by atoms with van der Waals surface area (Å²) in [6.07, 6.45) is 5.29. The maximum atomic E-state index is 3.58. The van der Waals surface area contributed by atoms with Gasteiger partial charge in [-0.25, -0.2) is 0 Å². The molecule has 0 heterocycles. The van der Waals surface area contributed by atoms with Crippen LogP contribution < -0.4 is 0 Å². The van der Waals surface area contributed by atoms with E-state index < -0.39 is 0 Å². The zero-order valence-electron chi connectivity index (χ0n) is 6.49. The molecule has 9 heavy (non-hydrogen) atoms. The van der Waals surface area contributed by atoms with Gasteiger partial charge in [-0.15, -0.1) is 0 Å². The van der Waals surface area contributed by atoms with Crippen molar-refractivity contribution in [2.24, 2.45) is 0 Å². The standard InChI is InChI=1S/C7H15Br.Zn/c1-3-5-6-7(8)4-2;/h7H,3-6H2,1-2H3;. The molecule has 0 spiro atoms. The normalized spacial score (nSPS) is 12.3. The van der Waals surface area contributed by atoms with Crippen LogP contribution in [0.3, 0.4) is 0 Å². The van der Waals surface area contributed by atoms with Crippen molar-refractivity contribution in [2.75, 3.05) is 0 Å². The van der Waals surface area contributed by atoms with Crippen LogP contribution in [0.15, 0.2) is 0 Å². The van der Waals surface area contributed by atoms with Crippen LogP contribution in [0.25, 0.3) is 0 Å². The van der Waals surface area contributed by atoms with Crippen LogP contribution in [-0.4, -0.2) is 4.83 Å². The third kappa shape index (κ3) is 9.10. The molecule has 0 saturated heterocycles. The Labute approximate surface area is 79.7 Å². The van der Waals surface area contributed by atoms with Crippen molar-refractivity contribution in [3.63, 3.8) is 0 Å². The summed E-state index contributed by atoms with van der Waals surface area (Å²) in [7, 11) is 0. The molecule has 0 aromatic rings. The Morgan fingerprint density at radius 2 is 1.89 bits per heavy atom. The third-order valence-corrected chi connectivity index (χ3v) is 2.42. The Bertz CT molecular complexity index is 48.2. The van der Waals surface area contributed by atoms with Crippen molar-refractivity contribution in [3.8, 4) is 0 Å². The Balaban J connectivity index is 0. The minimum Gasteiger partial charge on any atom is -0.0891 e. The van der Waals surface area contributed by atoms with Crippen LogP contribution in [0, 0.1) is 0 Å². The monoisotopic (exact) mass is 242 g/mol. The second kappa shape index (κ2) is 9.10. The van der Waals surface area contributed by atoms with Gasteiger partial charge in [0.05, 0.1) is 0 Å². The van der Waals surface area contributed by atoms with Gasteiger partial charge in [0.1, 0.15) is 0 Å². The zero-order valence-corrected chi connectivity index (χ0v) is 11.0. The minimum absolute atomic E-state index is 0. The third-order valence-electron chi connectivity index (χ3n) is 1.31. The summed E-state index contributed by atoms with van der Waals surface area (Å²) in [6.45, 7) is 4.45. The second-order valence-electron chi connectivity index (χ2n) is 2.15. The molecule has 0 radical (unpaired) electrons. The summed E-state index contributed by atoms with van der Waals surface area (Å²) in [5, 5.41) is 0. The number of hydrogen-bond donors (Lipinski definition) is 0. The number of rotatable bonds is 4. The Hall–Kier alpha value is 1.10. The predicted molar refractivity (Wildman–Crippen MR) is 42.5 cm³/mol. The molecule has 0 fully saturated rings. The first-order valence-corrected chi connectivity index (χ1v) is 4.36. The molecule has 0 aromatic carbocycles. The molecule has 0 aliphatic carbocycles. The van der Waals surface area contributed by atoms with E-state index in [1.165, 1.54) is 25.7 Å². The van der Waals surface area contributed by atoms with E-state index in [0.29, 0.717) is 0 Å². The average molecular weight is 244 g/mol. The number of hydrogen-bond acceptors (Lipinski definition) is 0. The van der Waals surface area contributed by atoms with Gasteiger partial charge in [0, 0.05) is 24.3 Å². The van der Waals surface area contributed by atoms with Gasteiger partial charge < -0.3 is 0 Å². The molecule has 52 valence electrons.